The first-order valence-corrected chi connectivity index (χ1v) is 4.59. The molecule has 1 aromatic rings. The summed E-state index contributed by atoms with van der Waals surface area (Å²) in [5.74, 6) is -0.444. The normalized spacial score (nSPS) is 18.6. The molecule has 0 saturated heterocycles. The SMILES string of the molecule is O=C(O)NC1CCc2c(F)ccc(O)c21. The van der Waals surface area contributed by atoms with Gasteiger partial charge in [-0.1, -0.05) is 0 Å². The quantitative estimate of drug-likeness (QED) is 0.663. The van der Waals surface area contributed by atoms with Crippen LogP contribution in [-0.4, -0.2) is 16.3 Å². The van der Waals surface area contributed by atoms with E-state index in [9.17, 15) is 14.3 Å². The molecule has 0 heterocycles. The van der Waals surface area contributed by atoms with Crippen molar-refractivity contribution in [1.82, 2.24) is 5.32 Å². The van der Waals surface area contributed by atoms with Crippen LogP contribution in [0.3, 0.4) is 0 Å². The number of phenolic OH excluding ortho intramolecular Hbond substituents is 1. The van der Waals surface area contributed by atoms with Gasteiger partial charge in [-0.25, -0.2) is 9.18 Å². The van der Waals surface area contributed by atoms with Crippen molar-refractivity contribution >= 4 is 6.09 Å². The molecule has 0 spiro atoms. The minimum Gasteiger partial charge on any atom is -0.508 e. The summed E-state index contributed by atoms with van der Waals surface area (Å²) in [6.07, 6.45) is -0.243. The Labute approximate surface area is 85.4 Å². The second-order valence-corrected chi connectivity index (χ2v) is 3.50. The van der Waals surface area contributed by atoms with E-state index in [2.05, 4.69) is 5.32 Å². The van der Waals surface area contributed by atoms with Crippen LogP contribution in [0.1, 0.15) is 23.6 Å². The Morgan fingerprint density at radius 1 is 1.53 bits per heavy atom. The van der Waals surface area contributed by atoms with Crippen LogP contribution in [0.15, 0.2) is 12.1 Å². The van der Waals surface area contributed by atoms with Gasteiger partial charge in [0, 0.05) is 5.56 Å². The molecular formula is C10H10FNO3. The van der Waals surface area contributed by atoms with E-state index >= 15 is 0 Å². The van der Waals surface area contributed by atoms with Gasteiger partial charge in [0.05, 0.1) is 6.04 Å². The van der Waals surface area contributed by atoms with Crippen molar-refractivity contribution in [2.24, 2.45) is 0 Å². The lowest BCUT2D eigenvalue weighted by atomic mass is 10.1. The van der Waals surface area contributed by atoms with Crippen molar-refractivity contribution in [3.63, 3.8) is 0 Å². The second-order valence-electron chi connectivity index (χ2n) is 3.50. The van der Waals surface area contributed by atoms with Crippen LogP contribution < -0.4 is 5.32 Å². The smallest absolute Gasteiger partial charge is 0.405 e. The lowest BCUT2D eigenvalue weighted by Gasteiger charge is -2.12. The Balaban J connectivity index is 2.41. The van der Waals surface area contributed by atoms with Crippen molar-refractivity contribution in [2.75, 3.05) is 0 Å². The zero-order chi connectivity index (χ0) is 11.0. The lowest BCUT2D eigenvalue weighted by Crippen LogP contribution is -2.25. The highest BCUT2D eigenvalue weighted by Gasteiger charge is 2.29. The largest absolute Gasteiger partial charge is 0.508 e. The maximum Gasteiger partial charge on any atom is 0.405 e. The number of benzene rings is 1. The highest BCUT2D eigenvalue weighted by Crippen LogP contribution is 2.38. The van der Waals surface area contributed by atoms with Gasteiger partial charge in [-0.3, -0.25) is 0 Å². The van der Waals surface area contributed by atoms with Crippen LogP contribution in [0.4, 0.5) is 9.18 Å². The summed E-state index contributed by atoms with van der Waals surface area (Å²) >= 11 is 0. The average molecular weight is 211 g/mol. The van der Waals surface area contributed by atoms with Crippen LogP contribution in [-0.2, 0) is 6.42 Å². The first kappa shape index (κ1) is 9.76. The molecule has 0 fully saturated rings. The van der Waals surface area contributed by atoms with E-state index in [1.165, 1.54) is 12.1 Å². The Hall–Kier alpha value is -1.78. The van der Waals surface area contributed by atoms with Crippen LogP contribution in [0, 0.1) is 5.82 Å². The van der Waals surface area contributed by atoms with E-state index in [1.807, 2.05) is 0 Å². The van der Waals surface area contributed by atoms with Crippen molar-refractivity contribution < 1.29 is 19.4 Å². The van der Waals surface area contributed by atoms with Gasteiger partial charge >= 0.3 is 6.09 Å². The number of amides is 1. The molecular weight excluding hydrogens is 201 g/mol. The Bertz CT molecular complexity index is 419. The van der Waals surface area contributed by atoms with Gasteiger partial charge in [0.1, 0.15) is 11.6 Å². The van der Waals surface area contributed by atoms with Crippen LogP contribution in [0.25, 0.3) is 0 Å². The molecule has 0 aliphatic heterocycles. The van der Waals surface area contributed by atoms with Gasteiger partial charge in [-0.05, 0) is 30.5 Å². The van der Waals surface area contributed by atoms with E-state index in [-0.39, 0.29) is 5.75 Å². The van der Waals surface area contributed by atoms with Gasteiger partial charge in [0.15, 0.2) is 0 Å². The molecule has 5 heteroatoms. The number of phenols is 1. The number of hydrogen-bond acceptors (Lipinski definition) is 2. The summed E-state index contributed by atoms with van der Waals surface area (Å²) in [6, 6.07) is 1.93. The van der Waals surface area contributed by atoms with Crippen molar-refractivity contribution in [1.29, 1.82) is 0 Å². The highest BCUT2D eigenvalue weighted by molar-refractivity contribution is 5.66. The zero-order valence-electron chi connectivity index (χ0n) is 7.83. The van der Waals surface area contributed by atoms with Crippen molar-refractivity contribution in [3.8, 4) is 5.75 Å². The fourth-order valence-corrected chi connectivity index (χ4v) is 2.00. The number of rotatable bonds is 1. The third-order valence-electron chi connectivity index (χ3n) is 2.61. The van der Waals surface area contributed by atoms with E-state index in [1.54, 1.807) is 0 Å². The van der Waals surface area contributed by atoms with Crippen LogP contribution >= 0.6 is 0 Å². The zero-order valence-corrected chi connectivity index (χ0v) is 7.83. The maximum atomic E-state index is 13.3. The van der Waals surface area contributed by atoms with E-state index in [0.29, 0.717) is 24.0 Å². The number of halogens is 1. The number of aromatic hydroxyl groups is 1. The minimum absolute atomic E-state index is 0.0531. The van der Waals surface area contributed by atoms with Crippen LogP contribution in [0.2, 0.25) is 0 Å². The summed E-state index contributed by atoms with van der Waals surface area (Å²) in [6.45, 7) is 0. The summed E-state index contributed by atoms with van der Waals surface area (Å²) in [4.78, 5) is 10.5. The Morgan fingerprint density at radius 3 is 2.93 bits per heavy atom. The molecule has 4 nitrogen and oxygen atoms in total. The number of carbonyl (C=O) groups is 1. The molecule has 1 atom stereocenters. The molecule has 1 amide bonds. The summed E-state index contributed by atoms with van der Waals surface area (Å²) in [7, 11) is 0. The average Bonchev–Trinajstić information content (AvgIpc) is 2.56. The van der Waals surface area contributed by atoms with Gasteiger partial charge in [0.2, 0.25) is 0 Å². The molecule has 0 aromatic heterocycles. The Kier molecular flexibility index (Phi) is 2.22. The van der Waals surface area contributed by atoms with Crippen LogP contribution in [0.5, 0.6) is 5.75 Å². The number of carboxylic acid groups (broad SMARTS) is 1. The molecule has 80 valence electrons. The Morgan fingerprint density at radius 2 is 2.27 bits per heavy atom. The maximum absolute atomic E-state index is 13.3. The molecule has 0 saturated carbocycles. The van der Waals surface area contributed by atoms with Crippen molar-refractivity contribution in [2.45, 2.75) is 18.9 Å². The first-order chi connectivity index (χ1) is 7.09. The molecule has 1 aliphatic rings. The molecule has 15 heavy (non-hydrogen) atoms. The summed E-state index contributed by atoms with van der Waals surface area (Å²) in [5, 5.41) is 20.4. The molecule has 0 bridgehead atoms. The molecule has 3 N–H and O–H groups in total. The third kappa shape index (κ3) is 1.60. The molecule has 0 radical (unpaired) electrons. The molecule has 1 unspecified atom stereocenters. The number of nitrogens with one attached hydrogen (secondary N) is 1. The topological polar surface area (TPSA) is 69.6 Å². The summed E-state index contributed by atoms with van der Waals surface area (Å²) < 4.78 is 13.3. The van der Waals surface area contributed by atoms with Gasteiger partial charge in [0.25, 0.3) is 0 Å². The fraction of sp³-hybridized carbons (Fsp3) is 0.300. The van der Waals surface area contributed by atoms with E-state index in [4.69, 9.17) is 5.11 Å². The van der Waals surface area contributed by atoms with Gasteiger partial charge in [-0.15, -0.1) is 0 Å². The lowest BCUT2D eigenvalue weighted by molar-refractivity contribution is 0.189. The minimum atomic E-state index is -1.17. The number of hydrogen-bond donors (Lipinski definition) is 3. The predicted octanol–water partition coefficient (Wildman–Crippen LogP) is 1.79. The fourth-order valence-electron chi connectivity index (χ4n) is 2.00. The second kappa shape index (κ2) is 3.42. The monoisotopic (exact) mass is 211 g/mol. The van der Waals surface area contributed by atoms with Gasteiger partial charge < -0.3 is 15.5 Å². The first-order valence-electron chi connectivity index (χ1n) is 4.59. The molecule has 1 aliphatic carbocycles. The summed E-state index contributed by atoms with van der Waals surface area (Å²) in [5.41, 5.74) is 0.783. The van der Waals surface area contributed by atoms with Gasteiger partial charge in [-0.2, -0.15) is 0 Å². The molecule has 2 rings (SSSR count). The highest BCUT2D eigenvalue weighted by atomic mass is 19.1. The van der Waals surface area contributed by atoms with E-state index in [0.717, 1.165) is 0 Å². The predicted molar refractivity (Wildman–Crippen MR) is 50.3 cm³/mol. The standard InChI is InChI=1S/C10H10FNO3/c11-6-2-4-8(13)9-5(6)1-3-7(9)12-10(14)15/h2,4,7,12-13H,1,3H2,(H,14,15). The third-order valence-corrected chi connectivity index (χ3v) is 2.61. The molecule has 1 aromatic carbocycles. The van der Waals surface area contributed by atoms with Crippen molar-refractivity contribution in [3.05, 3.63) is 29.1 Å². The van der Waals surface area contributed by atoms with E-state index < -0.39 is 18.0 Å². The number of fused-ring (bicyclic) bond motifs is 1.